The van der Waals surface area contributed by atoms with Crippen LogP contribution in [-0.4, -0.2) is 31.2 Å². The maximum Gasteiger partial charge on any atom is 0.214 e. The molecule has 0 bridgehead atoms. The summed E-state index contributed by atoms with van der Waals surface area (Å²) < 4.78 is 27.8. The van der Waals surface area contributed by atoms with E-state index in [4.69, 9.17) is 0 Å². The first-order valence-electron chi connectivity index (χ1n) is 7.06. The van der Waals surface area contributed by atoms with Crippen LogP contribution in [0.3, 0.4) is 0 Å². The fourth-order valence-corrected chi connectivity index (χ4v) is 2.96. The molecule has 1 aromatic heterocycles. The zero-order valence-corrected chi connectivity index (χ0v) is 13.4. The lowest BCUT2D eigenvalue weighted by molar-refractivity contribution is 0.0993. The summed E-state index contributed by atoms with van der Waals surface area (Å²) >= 11 is 1.15. The minimum atomic E-state index is -1.05. The molecule has 24 heavy (non-hydrogen) atoms. The van der Waals surface area contributed by atoms with Crippen LogP contribution in [0.1, 0.15) is 17.3 Å². The van der Waals surface area contributed by atoms with E-state index in [0.717, 1.165) is 29.6 Å². The summed E-state index contributed by atoms with van der Waals surface area (Å²) in [5.74, 6) is -2.37. The Morgan fingerprint density at radius 3 is 2.58 bits per heavy atom. The number of nitrogens with zero attached hydrogens (tertiary/aromatic N) is 4. The van der Waals surface area contributed by atoms with Crippen molar-refractivity contribution in [3.05, 3.63) is 65.7 Å². The van der Waals surface area contributed by atoms with Crippen molar-refractivity contribution in [2.75, 3.05) is 0 Å². The van der Waals surface area contributed by atoms with Crippen LogP contribution in [0.15, 0.2) is 53.7 Å². The van der Waals surface area contributed by atoms with Crippen LogP contribution < -0.4 is 0 Å². The molecule has 1 atom stereocenters. The van der Waals surface area contributed by atoms with Crippen molar-refractivity contribution in [1.82, 2.24) is 20.2 Å². The van der Waals surface area contributed by atoms with E-state index in [9.17, 15) is 13.6 Å². The molecule has 0 spiro atoms. The Hall–Kier alpha value is -2.61. The number of halogens is 2. The minimum Gasteiger partial charge on any atom is -0.293 e. The van der Waals surface area contributed by atoms with Gasteiger partial charge in [-0.25, -0.2) is 8.78 Å². The minimum absolute atomic E-state index is 0.104. The van der Waals surface area contributed by atoms with Gasteiger partial charge in [-0.05, 0) is 47.7 Å². The van der Waals surface area contributed by atoms with Gasteiger partial charge in [0, 0.05) is 5.56 Å². The molecule has 0 saturated carbocycles. The van der Waals surface area contributed by atoms with Crippen molar-refractivity contribution in [3.63, 3.8) is 0 Å². The van der Waals surface area contributed by atoms with Crippen molar-refractivity contribution in [2.45, 2.75) is 17.3 Å². The molecule has 0 fully saturated rings. The second-order valence-corrected chi connectivity index (χ2v) is 6.27. The lowest BCUT2D eigenvalue weighted by Crippen LogP contribution is -2.15. The predicted molar refractivity (Wildman–Crippen MR) is 85.2 cm³/mol. The molecular formula is C16H12F2N4OS. The van der Waals surface area contributed by atoms with Crippen LogP contribution in [-0.2, 0) is 0 Å². The third-order valence-corrected chi connectivity index (χ3v) is 4.33. The highest BCUT2D eigenvalue weighted by molar-refractivity contribution is 8.00. The van der Waals surface area contributed by atoms with Crippen LogP contribution in [0.2, 0.25) is 0 Å². The molecule has 0 aliphatic carbocycles. The molecule has 1 unspecified atom stereocenters. The van der Waals surface area contributed by atoms with Gasteiger partial charge in [-0.3, -0.25) is 4.79 Å². The second kappa shape index (κ2) is 6.88. The van der Waals surface area contributed by atoms with Gasteiger partial charge in [0.15, 0.2) is 17.4 Å². The van der Waals surface area contributed by atoms with Crippen molar-refractivity contribution >= 4 is 17.5 Å². The SMILES string of the molecule is CC(Sc1nnnn1-c1ccccc1)C(=O)c1ccc(F)c(F)c1. The van der Waals surface area contributed by atoms with Crippen LogP contribution in [0.4, 0.5) is 8.78 Å². The van der Waals surface area contributed by atoms with E-state index < -0.39 is 16.9 Å². The maximum absolute atomic E-state index is 13.3. The maximum atomic E-state index is 13.3. The first-order valence-corrected chi connectivity index (χ1v) is 7.94. The van der Waals surface area contributed by atoms with Gasteiger partial charge in [0.1, 0.15) is 0 Å². The van der Waals surface area contributed by atoms with Crippen molar-refractivity contribution in [3.8, 4) is 5.69 Å². The Kier molecular flexibility index (Phi) is 4.66. The Bertz CT molecular complexity index is 870. The zero-order valence-electron chi connectivity index (χ0n) is 12.6. The smallest absolute Gasteiger partial charge is 0.214 e. The summed E-state index contributed by atoms with van der Waals surface area (Å²) in [4.78, 5) is 12.4. The van der Waals surface area contributed by atoms with E-state index in [1.54, 1.807) is 6.92 Å². The van der Waals surface area contributed by atoms with E-state index >= 15 is 0 Å². The number of aromatic nitrogens is 4. The third-order valence-electron chi connectivity index (χ3n) is 3.30. The highest BCUT2D eigenvalue weighted by atomic mass is 32.2. The number of benzene rings is 2. The molecule has 0 N–H and O–H groups in total. The van der Waals surface area contributed by atoms with E-state index in [0.29, 0.717) is 5.16 Å². The quantitative estimate of drug-likeness (QED) is 0.524. The molecule has 0 aliphatic rings. The number of hydrogen-bond acceptors (Lipinski definition) is 5. The van der Waals surface area contributed by atoms with E-state index in [2.05, 4.69) is 15.5 Å². The average Bonchev–Trinajstić information content (AvgIpc) is 3.05. The molecule has 2 aromatic carbocycles. The molecule has 3 aromatic rings. The third kappa shape index (κ3) is 3.33. The van der Waals surface area contributed by atoms with Gasteiger partial charge >= 0.3 is 0 Å². The number of thioether (sulfide) groups is 1. The Balaban J connectivity index is 1.80. The first kappa shape index (κ1) is 16.3. The topological polar surface area (TPSA) is 60.7 Å². The fourth-order valence-electron chi connectivity index (χ4n) is 2.08. The monoisotopic (exact) mass is 346 g/mol. The number of para-hydroxylation sites is 1. The summed E-state index contributed by atoms with van der Waals surface area (Å²) in [5, 5.41) is 11.3. The van der Waals surface area contributed by atoms with Crippen LogP contribution in [0.25, 0.3) is 5.69 Å². The number of carbonyl (C=O) groups is 1. The van der Waals surface area contributed by atoms with Crippen LogP contribution >= 0.6 is 11.8 Å². The number of hydrogen-bond donors (Lipinski definition) is 0. The molecule has 0 saturated heterocycles. The summed E-state index contributed by atoms with van der Waals surface area (Å²) in [5.41, 5.74) is 0.866. The normalized spacial score (nSPS) is 12.1. The summed E-state index contributed by atoms with van der Waals surface area (Å²) in [6.07, 6.45) is 0. The molecule has 8 heteroatoms. The van der Waals surface area contributed by atoms with E-state index in [1.165, 1.54) is 10.7 Å². The van der Waals surface area contributed by atoms with Crippen molar-refractivity contribution < 1.29 is 13.6 Å². The Morgan fingerprint density at radius 1 is 1.12 bits per heavy atom. The number of tetrazole rings is 1. The van der Waals surface area contributed by atoms with Gasteiger partial charge in [-0.15, -0.1) is 5.10 Å². The zero-order chi connectivity index (χ0) is 17.1. The lowest BCUT2D eigenvalue weighted by atomic mass is 10.1. The number of carbonyl (C=O) groups excluding carboxylic acids is 1. The van der Waals surface area contributed by atoms with Crippen molar-refractivity contribution in [2.24, 2.45) is 0 Å². The van der Waals surface area contributed by atoms with Gasteiger partial charge < -0.3 is 0 Å². The number of ketones is 1. The molecule has 0 amide bonds. The van der Waals surface area contributed by atoms with Gasteiger partial charge in [0.05, 0.1) is 10.9 Å². The van der Waals surface area contributed by atoms with Gasteiger partial charge in [0.2, 0.25) is 5.16 Å². The van der Waals surface area contributed by atoms with E-state index in [1.807, 2.05) is 30.3 Å². The molecular weight excluding hydrogens is 334 g/mol. The molecule has 5 nitrogen and oxygen atoms in total. The highest BCUT2D eigenvalue weighted by Crippen LogP contribution is 2.25. The largest absolute Gasteiger partial charge is 0.293 e. The standard InChI is InChI=1S/C16H12F2N4OS/c1-10(15(23)11-7-8-13(17)14(18)9-11)24-16-19-20-21-22(16)12-5-3-2-4-6-12/h2-10H,1H3. The number of Topliss-reactive ketones (excluding diaryl/α,β-unsaturated/α-hetero) is 1. The summed E-state index contributed by atoms with van der Waals surface area (Å²) in [6.45, 7) is 1.66. The van der Waals surface area contributed by atoms with Gasteiger partial charge in [-0.2, -0.15) is 4.68 Å². The van der Waals surface area contributed by atoms with Crippen LogP contribution in [0, 0.1) is 11.6 Å². The van der Waals surface area contributed by atoms with Gasteiger partial charge in [-0.1, -0.05) is 30.0 Å². The lowest BCUT2D eigenvalue weighted by Gasteiger charge is -2.10. The highest BCUT2D eigenvalue weighted by Gasteiger charge is 2.21. The Labute approximate surface area is 140 Å². The van der Waals surface area contributed by atoms with E-state index in [-0.39, 0.29) is 11.3 Å². The molecule has 3 rings (SSSR count). The molecule has 0 radical (unpaired) electrons. The fraction of sp³-hybridized carbons (Fsp3) is 0.125. The molecule has 1 heterocycles. The predicted octanol–water partition coefficient (Wildman–Crippen LogP) is 3.30. The van der Waals surface area contributed by atoms with Crippen molar-refractivity contribution in [1.29, 1.82) is 0 Å². The van der Waals surface area contributed by atoms with Gasteiger partial charge in [0.25, 0.3) is 0 Å². The average molecular weight is 346 g/mol. The second-order valence-electron chi connectivity index (χ2n) is 4.96. The Morgan fingerprint density at radius 2 is 1.88 bits per heavy atom. The molecule has 0 aliphatic heterocycles. The summed E-state index contributed by atoms with van der Waals surface area (Å²) in [7, 11) is 0. The number of rotatable bonds is 5. The molecule has 122 valence electrons. The van der Waals surface area contributed by atoms with Crippen LogP contribution in [0.5, 0.6) is 0 Å². The first-order chi connectivity index (χ1) is 11.6. The summed E-state index contributed by atoms with van der Waals surface area (Å²) in [6, 6.07) is 12.3.